The zero-order valence-electron chi connectivity index (χ0n) is 10.5. The number of amides is 1. The zero-order valence-corrected chi connectivity index (χ0v) is 10.5. The Hall–Kier alpha value is -1.92. The number of carbonyl (C=O) groups is 2. The van der Waals surface area contributed by atoms with E-state index in [0.29, 0.717) is 6.42 Å². The Kier molecular flexibility index (Phi) is 5.98. The number of aliphatic hydroxyl groups excluding tert-OH is 1. The zero-order chi connectivity index (χ0) is 14.3. The number of nitrogens with two attached hydrogens (primary N) is 1. The van der Waals surface area contributed by atoms with Crippen molar-refractivity contribution in [2.24, 2.45) is 5.73 Å². The average molecular weight is 266 g/mol. The molecule has 0 spiro atoms. The number of nitrogens with one attached hydrogen (secondary N) is 1. The van der Waals surface area contributed by atoms with Crippen molar-refractivity contribution in [3.05, 3.63) is 35.9 Å². The molecule has 6 heteroatoms. The van der Waals surface area contributed by atoms with Crippen LogP contribution in [-0.2, 0) is 16.0 Å². The molecular weight excluding hydrogens is 248 g/mol. The Labute approximate surface area is 111 Å². The predicted molar refractivity (Wildman–Crippen MR) is 69.4 cm³/mol. The third-order valence-corrected chi connectivity index (χ3v) is 2.64. The topological polar surface area (TPSA) is 113 Å². The summed E-state index contributed by atoms with van der Waals surface area (Å²) in [5, 5.41) is 20.0. The van der Waals surface area contributed by atoms with Gasteiger partial charge in [-0.1, -0.05) is 30.3 Å². The van der Waals surface area contributed by atoms with E-state index in [1.54, 1.807) is 0 Å². The van der Waals surface area contributed by atoms with Crippen molar-refractivity contribution in [1.29, 1.82) is 0 Å². The highest BCUT2D eigenvalue weighted by molar-refractivity contribution is 5.81. The van der Waals surface area contributed by atoms with E-state index in [-0.39, 0.29) is 18.9 Å². The monoisotopic (exact) mass is 266 g/mol. The third-order valence-electron chi connectivity index (χ3n) is 2.64. The van der Waals surface area contributed by atoms with Crippen LogP contribution in [0.3, 0.4) is 0 Å². The van der Waals surface area contributed by atoms with Gasteiger partial charge in [-0.3, -0.25) is 4.79 Å². The molecule has 5 N–H and O–H groups in total. The third kappa shape index (κ3) is 5.50. The largest absolute Gasteiger partial charge is 0.479 e. The van der Waals surface area contributed by atoms with Crippen LogP contribution in [-0.4, -0.2) is 40.8 Å². The predicted octanol–water partition coefficient (Wildman–Crippen LogP) is -0.492. The van der Waals surface area contributed by atoms with Crippen LogP contribution in [0.1, 0.15) is 12.0 Å². The lowest BCUT2D eigenvalue weighted by molar-refractivity contribution is -0.147. The molecule has 0 aromatic heterocycles. The Morgan fingerprint density at radius 3 is 2.47 bits per heavy atom. The number of hydrogen-bond acceptors (Lipinski definition) is 4. The molecule has 19 heavy (non-hydrogen) atoms. The summed E-state index contributed by atoms with van der Waals surface area (Å²) >= 11 is 0. The average Bonchev–Trinajstić information content (AvgIpc) is 2.39. The lowest BCUT2D eigenvalue weighted by Crippen LogP contribution is -2.43. The Morgan fingerprint density at radius 1 is 1.26 bits per heavy atom. The second-order valence-corrected chi connectivity index (χ2v) is 4.23. The van der Waals surface area contributed by atoms with Crippen molar-refractivity contribution in [1.82, 2.24) is 5.32 Å². The number of carboxylic acids is 1. The molecular formula is C13H18N2O4. The summed E-state index contributed by atoms with van der Waals surface area (Å²) in [7, 11) is 0. The number of carbonyl (C=O) groups excluding carboxylic acids is 1. The molecule has 1 rings (SSSR count). The van der Waals surface area contributed by atoms with Crippen LogP contribution < -0.4 is 11.1 Å². The van der Waals surface area contributed by atoms with E-state index in [9.17, 15) is 9.59 Å². The van der Waals surface area contributed by atoms with Crippen LogP contribution in [0.25, 0.3) is 0 Å². The second-order valence-electron chi connectivity index (χ2n) is 4.23. The maximum absolute atomic E-state index is 11.6. The lowest BCUT2D eigenvalue weighted by atomic mass is 10.1. The van der Waals surface area contributed by atoms with Crippen molar-refractivity contribution < 1.29 is 19.8 Å². The van der Waals surface area contributed by atoms with Crippen LogP contribution in [0, 0.1) is 0 Å². The molecule has 104 valence electrons. The minimum absolute atomic E-state index is 0.0425. The van der Waals surface area contributed by atoms with E-state index in [4.69, 9.17) is 15.9 Å². The first-order valence-corrected chi connectivity index (χ1v) is 5.99. The van der Waals surface area contributed by atoms with Gasteiger partial charge < -0.3 is 21.3 Å². The van der Waals surface area contributed by atoms with Crippen molar-refractivity contribution in [2.45, 2.75) is 25.0 Å². The molecule has 0 saturated heterocycles. The standard InChI is InChI=1S/C13H18N2O4/c14-10(8-9-4-2-1-3-5-9)12(17)15-7-6-11(16)13(18)19/h1-5,10-11,16H,6-8,14H2,(H,15,17)(H,18,19). The number of hydrogen-bond donors (Lipinski definition) is 4. The highest BCUT2D eigenvalue weighted by Crippen LogP contribution is 2.01. The number of benzene rings is 1. The molecule has 0 radical (unpaired) electrons. The van der Waals surface area contributed by atoms with Crippen LogP contribution in [0.15, 0.2) is 30.3 Å². The summed E-state index contributed by atoms with van der Waals surface area (Å²) in [4.78, 5) is 22.0. The molecule has 2 atom stereocenters. The van der Waals surface area contributed by atoms with Gasteiger partial charge >= 0.3 is 5.97 Å². The minimum Gasteiger partial charge on any atom is -0.479 e. The highest BCUT2D eigenvalue weighted by atomic mass is 16.4. The fraction of sp³-hybridized carbons (Fsp3) is 0.385. The second kappa shape index (κ2) is 7.50. The van der Waals surface area contributed by atoms with Crippen molar-refractivity contribution >= 4 is 11.9 Å². The van der Waals surface area contributed by atoms with E-state index in [2.05, 4.69) is 5.32 Å². The molecule has 1 aromatic carbocycles. The summed E-state index contributed by atoms with van der Waals surface area (Å²) in [6.07, 6.45) is -1.10. The molecule has 2 unspecified atom stereocenters. The highest BCUT2D eigenvalue weighted by Gasteiger charge is 2.16. The fourth-order valence-electron chi connectivity index (χ4n) is 1.55. The van der Waals surface area contributed by atoms with Crippen LogP contribution in [0.5, 0.6) is 0 Å². The fourth-order valence-corrected chi connectivity index (χ4v) is 1.55. The van der Waals surface area contributed by atoms with E-state index in [0.717, 1.165) is 5.56 Å². The minimum atomic E-state index is -1.47. The van der Waals surface area contributed by atoms with E-state index < -0.39 is 18.1 Å². The van der Waals surface area contributed by atoms with Gasteiger partial charge in [0.05, 0.1) is 6.04 Å². The Balaban J connectivity index is 2.31. The van der Waals surface area contributed by atoms with Crippen LogP contribution in [0.2, 0.25) is 0 Å². The maximum atomic E-state index is 11.6. The molecule has 0 aliphatic carbocycles. The summed E-state index contributed by atoms with van der Waals surface area (Å²) in [5.41, 5.74) is 6.69. The van der Waals surface area contributed by atoms with Gasteiger partial charge in [0.2, 0.25) is 5.91 Å². The van der Waals surface area contributed by atoms with Gasteiger partial charge in [-0.15, -0.1) is 0 Å². The van der Waals surface area contributed by atoms with Gasteiger partial charge in [0.1, 0.15) is 0 Å². The van der Waals surface area contributed by atoms with Gasteiger partial charge in [-0.05, 0) is 12.0 Å². The van der Waals surface area contributed by atoms with Gasteiger partial charge in [0.15, 0.2) is 6.10 Å². The van der Waals surface area contributed by atoms with Gasteiger partial charge in [0.25, 0.3) is 0 Å². The van der Waals surface area contributed by atoms with Crippen molar-refractivity contribution in [3.8, 4) is 0 Å². The van der Waals surface area contributed by atoms with E-state index >= 15 is 0 Å². The van der Waals surface area contributed by atoms with E-state index in [1.807, 2.05) is 30.3 Å². The normalized spacial score (nSPS) is 13.6. The van der Waals surface area contributed by atoms with Crippen molar-refractivity contribution in [2.75, 3.05) is 6.54 Å². The van der Waals surface area contributed by atoms with Crippen LogP contribution >= 0.6 is 0 Å². The number of aliphatic carboxylic acids is 1. The number of aliphatic hydroxyl groups is 1. The number of carboxylic acid groups (broad SMARTS) is 1. The molecule has 0 aliphatic rings. The first-order valence-electron chi connectivity index (χ1n) is 5.99. The molecule has 0 bridgehead atoms. The summed E-state index contributed by atoms with van der Waals surface area (Å²) in [6.45, 7) is 0.0782. The van der Waals surface area contributed by atoms with Crippen LogP contribution in [0.4, 0.5) is 0 Å². The molecule has 0 saturated carbocycles. The molecule has 1 amide bonds. The van der Waals surface area contributed by atoms with E-state index in [1.165, 1.54) is 0 Å². The molecule has 0 aliphatic heterocycles. The maximum Gasteiger partial charge on any atom is 0.332 e. The first-order chi connectivity index (χ1) is 9.00. The molecule has 0 heterocycles. The van der Waals surface area contributed by atoms with Gasteiger partial charge in [-0.2, -0.15) is 0 Å². The van der Waals surface area contributed by atoms with Gasteiger partial charge in [-0.25, -0.2) is 4.79 Å². The summed E-state index contributed by atoms with van der Waals surface area (Å²) < 4.78 is 0. The molecule has 0 fully saturated rings. The molecule has 6 nitrogen and oxygen atoms in total. The Bertz CT molecular complexity index is 422. The van der Waals surface area contributed by atoms with Crippen molar-refractivity contribution in [3.63, 3.8) is 0 Å². The van der Waals surface area contributed by atoms with Gasteiger partial charge in [0, 0.05) is 13.0 Å². The smallest absolute Gasteiger partial charge is 0.332 e. The summed E-state index contributed by atoms with van der Waals surface area (Å²) in [5.74, 6) is -1.66. The summed E-state index contributed by atoms with van der Waals surface area (Å²) in [6, 6.07) is 8.67. The number of rotatable bonds is 7. The lowest BCUT2D eigenvalue weighted by Gasteiger charge is -2.13. The Morgan fingerprint density at radius 2 is 1.89 bits per heavy atom. The quantitative estimate of drug-likeness (QED) is 0.532. The SMILES string of the molecule is NC(Cc1ccccc1)C(=O)NCCC(O)C(=O)O. The molecule has 1 aromatic rings. The first kappa shape index (κ1) is 15.1.